The zero-order valence-corrected chi connectivity index (χ0v) is 16.3. The van der Waals surface area contributed by atoms with Crippen molar-refractivity contribution < 1.29 is 19.1 Å². The molecule has 0 aliphatic carbocycles. The molecule has 1 atom stereocenters. The lowest BCUT2D eigenvalue weighted by Gasteiger charge is -2.27. The molecule has 0 unspecified atom stereocenters. The minimum Gasteiger partial charge on any atom is -0.489 e. The molecule has 2 aromatic carbocycles. The van der Waals surface area contributed by atoms with Gasteiger partial charge in [0.05, 0.1) is 11.6 Å². The van der Waals surface area contributed by atoms with Crippen LogP contribution in [0.4, 0.5) is 0 Å². The first-order chi connectivity index (χ1) is 13.3. The lowest BCUT2D eigenvalue weighted by molar-refractivity contribution is -0.125. The molecule has 2 rings (SSSR count). The third-order valence-electron chi connectivity index (χ3n) is 4.46. The number of rotatable bonds is 8. The van der Waals surface area contributed by atoms with Gasteiger partial charge in [-0.15, -0.1) is 0 Å². The van der Waals surface area contributed by atoms with Crippen molar-refractivity contribution in [1.29, 1.82) is 5.26 Å². The number of hydrogen-bond acceptors (Lipinski definition) is 5. The first-order valence-electron chi connectivity index (χ1n) is 9.00. The van der Waals surface area contributed by atoms with Crippen LogP contribution in [-0.2, 0) is 16.1 Å². The summed E-state index contributed by atoms with van der Waals surface area (Å²) in [5.41, 5.74) is 0.229. The number of esters is 1. The van der Waals surface area contributed by atoms with Gasteiger partial charge in [0.25, 0.3) is 5.91 Å². The molecule has 0 aliphatic heterocycles. The van der Waals surface area contributed by atoms with Gasteiger partial charge in [-0.2, -0.15) is 5.26 Å². The summed E-state index contributed by atoms with van der Waals surface area (Å²) in [5.74, 6) is -0.432. The summed E-state index contributed by atoms with van der Waals surface area (Å²) in [4.78, 5) is 24.1. The topological polar surface area (TPSA) is 88.4 Å². The monoisotopic (exact) mass is 380 g/mol. The molecule has 0 fully saturated rings. The van der Waals surface area contributed by atoms with Crippen molar-refractivity contribution in [3.05, 3.63) is 65.7 Å². The number of para-hydroxylation sites is 1. The average molecular weight is 380 g/mol. The number of amides is 1. The van der Waals surface area contributed by atoms with Crippen LogP contribution in [0.25, 0.3) is 0 Å². The van der Waals surface area contributed by atoms with E-state index in [1.165, 1.54) is 0 Å². The molecular formula is C22H24N2O4. The fraction of sp³-hybridized carbons (Fsp3) is 0.318. The number of carbonyl (C=O) groups excluding carboxylic acids is 2. The van der Waals surface area contributed by atoms with Crippen LogP contribution in [0.1, 0.15) is 36.7 Å². The van der Waals surface area contributed by atoms with E-state index >= 15 is 0 Å². The van der Waals surface area contributed by atoms with E-state index in [1.54, 1.807) is 31.2 Å². The van der Waals surface area contributed by atoms with Crippen molar-refractivity contribution in [2.75, 3.05) is 6.61 Å². The fourth-order valence-electron chi connectivity index (χ4n) is 2.26. The second kappa shape index (κ2) is 9.56. The molecule has 0 heterocycles. The van der Waals surface area contributed by atoms with Crippen molar-refractivity contribution >= 4 is 11.9 Å². The van der Waals surface area contributed by atoms with E-state index < -0.39 is 24.0 Å². The van der Waals surface area contributed by atoms with E-state index in [1.807, 2.05) is 44.2 Å². The lowest BCUT2D eigenvalue weighted by atomic mass is 9.90. The molecular weight excluding hydrogens is 356 g/mol. The predicted molar refractivity (Wildman–Crippen MR) is 104 cm³/mol. The largest absolute Gasteiger partial charge is 0.489 e. The standard InChI is InChI=1S/C22H24N2O4/c1-16(2)22(3,15-23)24-20(25)14-28-21(26)18-11-9-17(10-12-18)13-27-19-7-5-4-6-8-19/h4-12,16H,13-14H2,1-3H3,(H,24,25)/t22-/m0/s1. The van der Waals surface area contributed by atoms with Crippen molar-refractivity contribution in [3.63, 3.8) is 0 Å². The molecule has 0 radical (unpaired) electrons. The highest BCUT2D eigenvalue weighted by Gasteiger charge is 2.30. The number of nitriles is 1. The Bertz CT molecular complexity index is 841. The average Bonchev–Trinajstić information content (AvgIpc) is 2.71. The maximum Gasteiger partial charge on any atom is 0.338 e. The number of nitrogens with zero attached hydrogens (tertiary/aromatic N) is 1. The fourth-order valence-corrected chi connectivity index (χ4v) is 2.26. The van der Waals surface area contributed by atoms with Gasteiger partial charge in [0, 0.05) is 0 Å². The normalized spacial score (nSPS) is 12.5. The summed E-state index contributed by atoms with van der Waals surface area (Å²) in [6.07, 6.45) is 0. The highest BCUT2D eigenvalue weighted by atomic mass is 16.5. The number of nitrogens with one attached hydrogen (secondary N) is 1. The van der Waals surface area contributed by atoms with E-state index in [-0.39, 0.29) is 5.92 Å². The number of carbonyl (C=O) groups is 2. The SMILES string of the molecule is CC(C)[C@](C)(C#N)NC(=O)COC(=O)c1ccc(COc2ccccc2)cc1. The zero-order valence-electron chi connectivity index (χ0n) is 16.3. The van der Waals surface area contributed by atoms with E-state index in [2.05, 4.69) is 11.4 Å². The summed E-state index contributed by atoms with van der Waals surface area (Å²) < 4.78 is 10.7. The first-order valence-corrected chi connectivity index (χ1v) is 9.00. The van der Waals surface area contributed by atoms with Crippen LogP contribution in [-0.4, -0.2) is 24.0 Å². The number of ether oxygens (including phenoxy) is 2. The van der Waals surface area contributed by atoms with Crippen molar-refractivity contribution in [2.24, 2.45) is 5.92 Å². The molecule has 0 spiro atoms. The van der Waals surface area contributed by atoms with Gasteiger partial charge in [0.2, 0.25) is 0 Å². The van der Waals surface area contributed by atoms with E-state index in [4.69, 9.17) is 9.47 Å². The Kier molecular flexibility index (Phi) is 7.16. The maximum atomic E-state index is 12.1. The molecule has 0 aromatic heterocycles. The smallest absolute Gasteiger partial charge is 0.338 e. The van der Waals surface area contributed by atoms with Crippen LogP contribution in [0.3, 0.4) is 0 Å². The van der Waals surface area contributed by atoms with Crippen LogP contribution >= 0.6 is 0 Å². The minimum absolute atomic E-state index is 0.0807. The Morgan fingerprint density at radius 2 is 1.75 bits per heavy atom. The Balaban J connectivity index is 1.84. The van der Waals surface area contributed by atoms with E-state index in [9.17, 15) is 14.9 Å². The van der Waals surface area contributed by atoms with Gasteiger partial charge < -0.3 is 14.8 Å². The van der Waals surface area contributed by atoms with Crippen molar-refractivity contribution in [1.82, 2.24) is 5.32 Å². The van der Waals surface area contributed by atoms with Gasteiger partial charge in [-0.05, 0) is 42.7 Å². The second-order valence-corrected chi connectivity index (χ2v) is 6.89. The third-order valence-corrected chi connectivity index (χ3v) is 4.46. The summed E-state index contributed by atoms with van der Waals surface area (Å²) in [5, 5.41) is 11.8. The Hall–Kier alpha value is -3.33. The number of hydrogen-bond donors (Lipinski definition) is 1. The second-order valence-electron chi connectivity index (χ2n) is 6.89. The Morgan fingerprint density at radius 1 is 1.11 bits per heavy atom. The summed E-state index contributed by atoms with van der Waals surface area (Å²) in [7, 11) is 0. The minimum atomic E-state index is -1.01. The van der Waals surface area contributed by atoms with Crippen LogP contribution in [0.2, 0.25) is 0 Å². The Labute approximate surface area is 165 Å². The maximum absolute atomic E-state index is 12.1. The van der Waals surface area contributed by atoms with Crippen molar-refractivity contribution in [3.8, 4) is 11.8 Å². The molecule has 1 N–H and O–H groups in total. The quantitative estimate of drug-likeness (QED) is 0.709. The van der Waals surface area contributed by atoms with Gasteiger partial charge >= 0.3 is 5.97 Å². The lowest BCUT2D eigenvalue weighted by Crippen LogP contribution is -2.50. The molecule has 0 saturated carbocycles. The molecule has 0 saturated heterocycles. The molecule has 6 heteroatoms. The van der Waals surface area contributed by atoms with E-state index in [0.29, 0.717) is 12.2 Å². The third kappa shape index (κ3) is 5.85. The van der Waals surface area contributed by atoms with Crippen LogP contribution < -0.4 is 10.1 Å². The molecule has 0 bridgehead atoms. The summed E-state index contributed by atoms with van der Waals surface area (Å²) >= 11 is 0. The summed E-state index contributed by atoms with van der Waals surface area (Å²) in [6, 6.07) is 18.3. The van der Waals surface area contributed by atoms with Gasteiger partial charge in [0.15, 0.2) is 6.61 Å². The highest BCUT2D eigenvalue weighted by Crippen LogP contribution is 2.15. The van der Waals surface area contributed by atoms with Gasteiger partial charge in [-0.3, -0.25) is 4.79 Å². The highest BCUT2D eigenvalue weighted by molar-refractivity contribution is 5.91. The zero-order chi connectivity index (χ0) is 20.6. The Morgan fingerprint density at radius 3 is 2.32 bits per heavy atom. The molecule has 1 amide bonds. The first kappa shape index (κ1) is 21.0. The van der Waals surface area contributed by atoms with Gasteiger partial charge in [-0.25, -0.2) is 4.79 Å². The predicted octanol–water partition coefficient (Wildman–Crippen LogP) is 3.48. The van der Waals surface area contributed by atoms with Crippen LogP contribution in [0.15, 0.2) is 54.6 Å². The molecule has 6 nitrogen and oxygen atoms in total. The molecule has 2 aromatic rings. The summed E-state index contributed by atoms with van der Waals surface area (Å²) in [6.45, 7) is 5.23. The number of benzene rings is 2. The van der Waals surface area contributed by atoms with Gasteiger partial charge in [-0.1, -0.05) is 44.2 Å². The molecule has 28 heavy (non-hydrogen) atoms. The van der Waals surface area contributed by atoms with Crippen LogP contribution in [0, 0.1) is 17.2 Å². The van der Waals surface area contributed by atoms with E-state index in [0.717, 1.165) is 11.3 Å². The molecule has 0 aliphatic rings. The van der Waals surface area contributed by atoms with Gasteiger partial charge in [0.1, 0.15) is 17.9 Å². The molecule has 146 valence electrons. The van der Waals surface area contributed by atoms with Crippen LogP contribution in [0.5, 0.6) is 5.75 Å². The van der Waals surface area contributed by atoms with Crippen molar-refractivity contribution in [2.45, 2.75) is 32.9 Å².